The highest BCUT2D eigenvalue weighted by Crippen LogP contribution is 2.23. The number of nitrogens with one attached hydrogen (secondary N) is 1. The molecule has 5 nitrogen and oxygen atoms in total. The molecule has 0 spiro atoms. The van der Waals surface area contributed by atoms with Gasteiger partial charge in [-0.25, -0.2) is 0 Å². The second-order valence-electron chi connectivity index (χ2n) is 4.25. The summed E-state index contributed by atoms with van der Waals surface area (Å²) in [5.74, 6) is 0.678. The second-order valence-corrected chi connectivity index (χ2v) is 4.25. The zero-order valence-corrected chi connectivity index (χ0v) is 11.5. The lowest BCUT2D eigenvalue weighted by Gasteiger charge is -2.03. The molecule has 0 saturated carbocycles. The minimum Gasteiger partial charge on any atom is -0.435 e. The molecule has 0 radical (unpaired) electrons. The second kappa shape index (κ2) is 7.70. The van der Waals surface area contributed by atoms with E-state index in [1.165, 1.54) is 12.1 Å². The molecule has 0 aliphatic carbocycles. The molecule has 0 atom stereocenters. The number of methoxy groups -OCH3 is 1. The summed E-state index contributed by atoms with van der Waals surface area (Å²) in [6.45, 7) is -0.917. The summed E-state index contributed by atoms with van der Waals surface area (Å²) >= 11 is 0. The number of rotatable bonds is 8. The Morgan fingerprint density at radius 3 is 2.71 bits per heavy atom. The molecule has 0 aliphatic heterocycles. The fraction of sp³-hybridized carbons (Fsp3) is 0.357. The molecule has 114 valence electrons. The number of aromatic nitrogens is 1. The summed E-state index contributed by atoms with van der Waals surface area (Å²) in [6.07, 6.45) is 0. The summed E-state index contributed by atoms with van der Waals surface area (Å²) in [7, 11) is 1.64. The van der Waals surface area contributed by atoms with E-state index < -0.39 is 6.61 Å². The molecule has 0 unspecified atom stereocenters. The summed E-state index contributed by atoms with van der Waals surface area (Å²) in [5.41, 5.74) is 1.50. The molecule has 7 heteroatoms. The summed E-state index contributed by atoms with van der Waals surface area (Å²) < 4.78 is 38.5. The molecule has 0 aliphatic rings. The molecule has 2 aromatic rings. The molecule has 1 N–H and O–H groups in total. The zero-order chi connectivity index (χ0) is 15.1. The van der Waals surface area contributed by atoms with Crippen molar-refractivity contribution >= 4 is 0 Å². The smallest absolute Gasteiger partial charge is 0.387 e. The van der Waals surface area contributed by atoms with E-state index in [-0.39, 0.29) is 5.75 Å². The minimum atomic E-state index is -2.83. The number of hydrogen-bond donors (Lipinski definition) is 1. The van der Waals surface area contributed by atoms with Crippen LogP contribution < -0.4 is 10.1 Å². The Bertz CT molecular complexity index is 543. The van der Waals surface area contributed by atoms with Crippen LogP contribution in [0, 0.1) is 0 Å². The van der Waals surface area contributed by atoms with Crippen molar-refractivity contribution in [1.29, 1.82) is 0 Å². The predicted octanol–water partition coefficient (Wildman–Crippen LogP) is 2.68. The topological polar surface area (TPSA) is 56.5 Å². The number of hydrogen-bond acceptors (Lipinski definition) is 5. The summed E-state index contributed by atoms with van der Waals surface area (Å²) in [4.78, 5) is 0. The predicted molar refractivity (Wildman–Crippen MR) is 72.2 cm³/mol. The van der Waals surface area contributed by atoms with Crippen molar-refractivity contribution < 1.29 is 22.8 Å². The van der Waals surface area contributed by atoms with E-state index in [0.717, 1.165) is 17.8 Å². The van der Waals surface area contributed by atoms with E-state index in [4.69, 9.17) is 9.26 Å². The van der Waals surface area contributed by atoms with Gasteiger partial charge in [-0.1, -0.05) is 5.16 Å². The van der Waals surface area contributed by atoms with Gasteiger partial charge in [0, 0.05) is 31.8 Å². The van der Waals surface area contributed by atoms with Crippen LogP contribution in [0.1, 0.15) is 5.69 Å². The normalized spacial score (nSPS) is 11.0. The van der Waals surface area contributed by atoms with Crippen LogP contribution in [0.2, 0.25) is 0 Å². The van der Waals surface area contributed by atoms with Gasteiger partial charge in [0.15, 0.2) is 5.76 Å². The SMILES string of the molecule is COCCNCc1cc(-c2ccc(OC(F)F)cc2)on1. The van der Waals surface area contributed by atoms with Gasteiger partial charge in [0.2, 0.25) is 0 Å². The quantitative estimate of drug-likeness (QED) is 0.759. The molecule has 1 heterocycles. The van der Waals surface area contributed by atoms with Gasteiger partial charge >= 0.3 is 6.61 Å². The van der Waals surface area contributed by atoms with E-state index in [1.54, 1.807) is 25.3 Å². The maximum Gasteiger partial charge on any atom is 0.387 e. The van der Waals surface area contributed by atoms with Gasteiger partial charge in [-0.3, -0.25) is 0 Å². The number of nitrogens with zero attached hydrogens (tertiary/aromatic N) is 1. The van der Waals surface area contributed by atoms with Crippen molar-refractivity contribution in [3.63, 3.8) is 0 Å². The third-order valence-corrected chi connectivity index (χ3v) is 2.71. The standard InChI is InChI=1S/C14H16F2N2O3/c1-19-7-6-17-9-11-8-13(21-18-11)10-2-4-12(5-3-10)20-14(15)16/h2-5,8,14,17H,6-7,9H2,1H3. The third-order valence-electron chi connectivity index (χ3n) is 2.71. The van der Waals surface area contributed by atoms with Crippen molar-refractivity contribution in [2.24, 2.45) is 0 Å². The van der Waals surface area contributed by atoms with Gasteiger partial charge < -0.3 is 19.3 Å². The molecule has 0 bridgehead atoms. The van der Waals surface area contributed by atoms with Gasteiger partial charge in [0.25, 0.3) is 0 Å². The average Bonchev–Trinajstić information content (AvgIpc) is 2.93. The van der Waals surface area contributed by atoms with Gasteiger partial charge in [-0.15, -0.1) is 0 Å². The summed E-state index contributed by atoms with van der Waals surface area (Å²) in [5, 5.41) is 7.08. The molecule has 1 aromatic heterocycles. The maximum absolute atomic E-state index is 12.1. The Kier molecular flexibility index (Phi) is 5.65. The van der Waals surface area contributed by atoms with Crippen molar-refractivity contribution in [2.75, 3.05) is 20.3 Å². The Morgan fingerprint density at radius 1 is 1.29 bits per heavy atom. The fourth-order valence-corrected chi connectivity index (χ4v) is 1.72. The first-order valence-electron chi connectivity index (χ1n) is 6.39. The molecule has 0 amide bonds. The highest BCUT2D eigenvalue weighted by Gasteiger charge is 2.08. The molecular weight excluding hydrogens is 282 g/mol. The van der Waals surface area contributed by atoms with Crippen LogP contribution in [0.4, 0.5) is 8.78 Å². The highest BCUT2D eigenvalue weighted by molar-refractivity contribution is 5.58. The number of benzene rings is 1. The lowest BCUT2D eigenvalue weighted by Crippen LogP contribution is -2.18. The van der Waals surface area contributed by atoms with E-state index >= 15 is 0 Å². The van der Waals surface area contributed by atoms with E-state index in [0.29, 0.717) is 18.9 Å². The Labute approximate surface area is 120 Å². The highest BCUT2D eigenvalue weighted by atomic mass is 19.3. The monoisotopic (exact) mass is 298 g/mol. The van der Waals surface area contributed by atoms with Gasteiger partial charge in [0.1, 0.15) is 5.75 Å². The number of alkyl halides is 2. The van der Waals surface area contributed by atoms with Crippen LogP contribution in [0.25, 0.3) is 11.3 Å². The molecule has 1 aromatic carbocycles. The average molecular weight is 298 g/mol. The molecule has 21 heavy (non-hydrogen) atoms. The van der Waals surface area contributed by atoms with Crippen LogP contribution in [-0.2, 0) is 11.3 Å². The Balaban J connectivity index is 1.94. The molecule has 2 rings (SSSR count). The minimum absolute atomic E-state index is 0.106. The van der Waals surface area contributed by atoms with Crippen molar-refractivity contribution in [3.05, 3.63) is 36.0 Å². The van der Waals surface area contributed by atoms with Gasteiger partial charge in [-0.2, -0.15) is 8.78 Å². The first-order chi connectivity index (χ1) is 10.2. The van der Waals surface area contributed by atoms with Crippen LogP contribution in [0.15, 0.2) is 34.9 Å². The van der Waals surface area contributed by atoms with Crippen LogP contribution >= 0.6 is 0 Å². The Hall–Kier alpha value is -1.99. The van der Waals surface area contributed by atoms with Gasteiger partial charge in [-0.05, 0) is 24.3 Å². The maximum atomic E-state index is 12.1. The lowest BCUT2D eigenvalue weighted by atomic mass is 10.1. The molecule has 0 saturated heterocycles. The first kappa shape index (κ1) is 15.4. The van der Waals surface area contributed by atoms with Crippen LogP contribution in [0.5, 0.6) is 5.75 Å². The van der Waals surface area contributed by atoms with Crippen molar-refractivity contribution in [2.45, 2.75) is 13.2 Å². The number of halogens is 2. The zero-order valence-electron chi connectivity index (χ0n) is 11.5. The Morgan fingerprint density at radius 2 is 2.05 bits per heavy atom. The van der Waals surface area contributed by atoms with Crippen LogP contribution in [0.3, 0.4) is 0 Å². The van der Waals surface area contributed by atoms with Crippen LogP contribution in [-0.4, -0.2) is 32.0 Å². The number of ether oxygens (including phenoxy) is 2. The lowest BCUT2D eigenvalue weighted by molar-refractivity contribution is -0.0498. The fourth-order valence-electron chi connectivity index (χ4n) is 1.72. The third kappa shape index (κ3) is 4.80. The first-order valence-corrected chi connectivity index (χ1v) is 6.39. The van der Waals surface area contributed by atoms with Crippen molar-refractivity contribution in [1.82, 2.24) is 10.5 Å². The van der Waals surface area contributed by atoms with E-state index in [9.17, 15) is 8.78 Å². The van der Waals surface area contributed by atoms with Gasteiger partial charge in [0.05, 0.1) is 12.3 Å². The molecule has 0 fully saturated rings. The molecular formula is C14H16F2N2O3. The van der Waals surface area contributed by atoms with Crippen molar-refractivity contribution in [3.8, 4) is 17.1 Å². The largest absolute Gasteiger partial charge is 0.435 e. The van der Waals surface area contributed by atoms with E-state index in [1.807, 2.05) is 0 Å². The van der Waals surface area contributed by atoms with E-state index in [2.05, 4.69) is 15.2 Å². The summed E-state index contributed by atoms with van der Waals surface area (Å²) in [6, 6.07) is 7.99.